The number of fused-ring (bicyclic) bond motifs is 1. The average molecular weight is 390 g/mol. The van der Waals surface area contributed by atoms with Crippen molar-refractivity contribution in [1.29, 1.82) is 0 Å². The van der Waals surface area contributed by atoms with E-state index in [0.29, 0.717) is 17.5 Å². The number of carboxylic acids is 1. The van der Waals surface area contributed by atoms with Crippen LogP contribution >= 0.6 is 0 Å². The predicted octanol–water partition coefficient (Wildman–Crippen LogP) is 3.00. The van der Waals surface area contributed by atoms with Gasteiger partial charge in [-0.05, 0) is 35.4 Å². The summed E-state index contributed by atoms with van der Waals surface area (Å²) in [5, 5.41) is 11.8. The standard InChI is InChI=1S/C22H18N2O5/c25-19-11-15-5-1-2-7-18(15)24(19)13-17-8-9-29-20(17)21(26)23-12-14-4-3-6-16(10-14)22(27)28/h1-10H,11-13H2,(H,23,26)(H,27,28). The summed E-state index contributed by atoms with van der Waals surface area (Å²) in [5.74, 6) is -1.34. The van der Waals surface area contributed by atoms with Gasteiger partial charge in [-0.3, -0.25) is 9.59 Å². The average Bonchev–Trinajstić information content (AvgIpc) is 3.31. The van der Waals surface area contributed by atoms with Crippen LogP contribution in [0.3, 0.4) is 0 Å². The number of benzene rings is 2. The topological polar surface area (TPSA) is 99.8 Å². The van der Waals surface area contributed by atoms with Crippen molar-refractivity contribution in [2.24, 2.45) is 0 Å². The van der Waals surface area contributed by atoms with Crippen LogP contribution in [0.4, 0.5) is 5.69 Å². The fraction of sp³-hybridized carbons (Fsp3) is 0.136. The Morgan fingerprint density at radius 2 is 1.93 bits per heavy atom. The molecule has 146 valence electrons. The molecular weight excluding hydrogens is 372 g/mol. The normalized spacial score (nSPS) is 12.7. The first-order valence-corrected chi connectivity index (χ1v) is 9.08. The van der Waals surface area contributed by atoms with Crippen molar-refractivity contribution >= 4 is 23.5 Å². The van der Waals surface area contributed by atoms with E-state index in [0.717, 1.165) is 11.3 Å². The number of carbonyl (C=O) groups excluding carboxylic acids is 2. The Hall–Kier alpha value is -3.87. The minimum Gasteiger partial charge on any atom is -0.478 e. The van der Waals surface area contributed by atoms with E-state index in [4.69, 9.17) is 9.52 Å². The Bertz CT molecular complexity index is 1100. The third-order valence-electron chi connectivity index (χ3n) is 4.83. The number of furan rings is 1. The van der Waals surface area contributed by atoms with E-state index >= 15 is 0 Å². The summed E-state index contributed by atoms with van der Waals surface area (Å²) in [7, 11) is 0. The number of aromatic carboxylic acids is 1. The quantitative estimate of drug-likeness (QED) is 0.674. The van der Waals surface area contributed by atoms with Gasteiger partial charge in [0.1, 0.15) is 0 Å². The van der Waals surface area contributed by atoms with Gasteiger partial charge in [0, 0.05) is 17.8 Å². The van der Waals surface area contributed by atoms with E-state index in [1.165, 1.54) is 18.4 Å². The molecule has 0 fully saturated rings. The van der Waals surface area contributed by atoms with Crippen molar-refractivity contribution in [3.8, 4) is 0 Å². The number of hydrogen-bond donors (Lipinski definition) is 2. The number of amides is 2. The van der Waals surface area contributed by atoms with Crippen LogP contribution in [-0.2, 0) is 24.3 Å². The van der Waals surface area contributed by atoms with Crippen molar-refractivity contribution < 1.29 is 23.9 Å². The highest BCUT2D eigenvalue weighted by Gasteiger charge is 2.28. The minimum atomic E-state index is -1.03. The lowest BCUT2D eigenvalue weighted by Crippen LogP contribution is -2.28. The molecule has 0 saturated heterocycles. The van der Waals surface area contributed by atoms with Crippen LogP contribution in [0.5, 0.6) is 0 Å². The lowest BCUT2D eigenvalue weighted by molar-refractivity contribution is -0.117. The highest BCUT2D eigenvalue weighted by molar-refractivity contribution is 6.01. The predicted molar refractivity (Wildman–Crippen MR) is 105 cm³/mol. The van der Waals surface area contributed by atoms with Crippen LogP contribution in [0.1, 0.15) is 37.6 Å². The summed E-state index contributed by atoms with van der Waals surface area (Å²) in [4.78, 5) is 37.7. The largest absolute Gasteiger partial charge is 0.478 e. The van der Waals surface area contributed by atoms with Crippen LogP contribution in [0.25, 0.3) is 0 Å². The Kier molecular flexibility index (Phi) is 4.87. The highest BCUT2D eigenvalue weighted by atomic mass is 16.4. The molecule has 7 heteroatoms. The zero-order chi connectivity index (χ0) is 20.4. The zero-order valence-corrected chi connectivity index (χ0v) is 15.4. The van der Waals surface area contributed by atoms with Gasteiger partial charge in [-0.2, -0.15) is 0 Å². The van der Waals surface area contributed by atoms with Gasteiger partial charge in [0.05, 0.1) is 24.8 Å². The summed E-state index contributed by atoms with van der Waals surface area (Å²) < 4.78 is 5.37. The molecule has 2 heterocycles. The molecule has 0 bridgehead atoms. The molecule has 0 saturated carbocycles. The molecule has 2 aromatic carbocycles. The van der Waals surface area contributed by atoms with Crippen LogP contribution in [0.2, 0.25) is 0 Å². The zero-order valence-electron chi connectivity index (χ0n) is 15.4. The molecule has 0 atom stereocenters. The summed E-state index contributed by atoms with van der Waals surface area (Å²) in [6.07, 6.45) is 1.76. The monoisotopic (exact) mass is 390 g/mol. The lowest BCUT2D eigenvalue weighted by atomic mass is 10.1. The van der Waals surface area contributed by atoms with Crippen LogP contribution in [-0.4, -0.2) is 22.9 Å². The number of nitrogens with one attached hydrogen (secondary N) is 1. The number of anilines is 1. The van der Waals surface area contributed by atoms with Gasteiger partial charge < -0.3 is 19.7 Å². The van der Waals surface area contributed by atoms with E-state index in [9.17, 15) is 14.4 Å². The number of rotatable bonds is 6. The Morgan fingerprint density at radius 3 is 2.76 bits per heavy atom. The molecule has 0 spiro atoms. The van der Waals surface area contributed by atoms with Gasteiger partial charge in [-0.1, -0.05) is 30.3 Å². The molecule has 0 radical (unpaired) electrons. The maximum absolute atomic E-state index is 12.6. The molecule has 0 unspecified atom stereocenters. The lowest BCUT2D eigenvalue weighted by Gasteiger charge is -2.17. The number of para-hydroxylation sites is 1. The highest BCUT2D eigenvalue weighted by Crippen LogP contribution is 2.30. The number of hydrogen-bond acceptors (Lipinski definition) is 4. The van der Waals surface area contributed by atoms with Crippen molar-refractivity contribution in [2.75, 3.05) is 4.90 Å². The second-order valence-electron chi connectivity index (χ2n) is 6.75. The third-order valence-corrected chi connectivity index (χ3v) is 4.83. The molecular formula is C22H18N2O5. The molecule has 29 heavy (non-hydrogen) atoms. The molecule has 2 amide bonds. The Morgan fingerprint density at radius 1 is 1.10 bits per heavy atom. The maximum Gasteiger partial charge on any atom is 0.335 e. The summed E-state index contributed by atoms with van der Waals surface area (Å²) in [6.45, 7) is 0.398. The molecule has 4 rings (SSSR count). The number of carbonyl (C=O) groups is 3. The van der Waals surface area contributed by atoms with E-state index < -0.39 is 11.9 Å². The second-order valence-corrected chi connectivity index (χ2v) is 6.75. The van der Waals surface area contributed by atoms with Crippen molar-refractivity contribution in [2.45, 2.75) is 19.5 Å². The van der Waals surface area contributed by atoms with Gasteiger partial charge >= 0.3 is 5.97 Å². The molecule has 3 aromatic rings. The van der Waals surface area contributed by atoms with E-state index in [1.54, 1.807) is 23.1 Å². The first kappa shape index (κ1) is 18.5. The molecule has 2 N–H and O–H groups in total. The molecule has 1 aliphatic heterocycles. The maximum atomic E-state index is 12.6. The van der Waals surface area contributed by atoms with Crippen molar-refractivity contribution in [1.82, 2.24) is 5.32 Å². The van der Waals surface area contributed by atoms with Crippen LogP contribution in [0.15, 0.2) is 65.3 Å². The number of nitrogens with zero attached hydrogens (tertiary/aromatic N) is 1. The van der Waals surface area contributed by atoms with Gasteiger partial charge in [0.2, 0.25) is 5.91 Å². The number of carboxylic acid groups (broad SMARTS) is 1. The first-order valence-electron chi connectivity index (χ1n) is 9.08. The summed E-state index contributed by atoms with van der Waals surface area (Å²) in [6, 6.07) is 15.6. The van der Waals surface area contributed by atoms with E-state index in [1.807, 2.05) is 24.3 Å². The van der Waals surface area contributed by atoms with Gasteiger partial charge in [0.15, 0.2) is 5.76 Å². The van der Waals surface area contributed by atoms with Crippen LogP contribution in [0, 0.1) is 0 Å². The Labute approximate surface area is 166 Å². The van der Waals surface area contributed by atoms with Crippen LogP contribution < -0.4 is 10.2 Å². The molecule has 0 aliphatic carbocycles. The van der Waals surface area contributed by atoms with Gasteiger partial charge in [0.25, 0.3) is 5.91 Å². The second kappa shape index (κ2) is 7.63. The van der Waals surface area contributed by atoms with E-state index in [2.05, 4.69) is 5.32 Å². The summed E-state index contributed by atoms with van der Waals surface area (Å²) >= 11 is 0. The van der Waals surface area contributed by atoms with Crippen molar-refractivity contribution in [3.05, 3.63) is 88.9 Å². The van der Waals surface area contributed by atoms with Crippen molar-refractivity contribution in [3.63, 3.8) is 0 Å². The smallest absolute Gasteiger partial charge is 0.335 e. The fourth-order valence-corrected chi connectivity index (χ4v) is 3.40. The summed E-state index contributed by atoms with van der Waals surface area (Å²) in [5.41, 5.74) is 3.23. The molecule has 1 aliphatic rings. The third kappa shape index (κ3) is 3.75. The molecule has 7 nitrogen and oxygen atoms in total. The van der Waals surface area contributed by atoms with Gasteiger partial charge in [-0.15, -0.1) is 0 Å². The fourth-order valence-electron chi connectivity index (χ4n) is 3.40. The SMILES string of the molecule is O=C(O)c1cccc(CNC(=O)c2occc2CN2C(=O)Cc3ccccc32)c1. The van der Waals surface area contributed by atoms with E-state index in [-0.39, 0.29) is 30.3 Å². The van der Waals surface area contributed by atoms with Gasteiger partial charge in [-0.25, -0.2) is 4.79 Å². The first-order chi connectivity index (χ1) is 14.0. The molecule has 1 aromatic heterocycles. The minimum absolute atomic E-state index is 0.0238. The Balaban J connectivity index is 1.47.